The second kappa shape index (κ2) is 10.9. The van der Waals surface area contributed by atoms with Gasteiger partial charge in [0, 0.05) is 34.3 Å². The lowest BCUT2D eigenvalue weighted by molar-refractivity contribution is 0.0936. The maximum Gasteiger partial charge on any atom is 0.274 e. The third kappa shape index (κ3) is 4.90. The Morgan fingerprint density at radius 1 is 0.882 bits per heavy atom. The third-order valence-electron chi connectivity index (χ3n) is 5.43. The van der Waals surface area contributed by atoms with Crippen LogP contribution in [0.15, 0.2) is 121 Å². The first-order chi connectivity index (χ1) is 16.6. The maximum absolute atomic E-state index is 13.2. The summed E-state index contributed by atoms with van der Waals surface area (Å²) in [5, 5.41) is 6.20. The summed E-state index contributed by atoms with van der Waals surface area (Å²) in [5.41, 5.74) is 0.214. The van der Waals surface area contributed by atoms with Crippen molar-refractivity contribution in [2.24, 2.45) is 4.74 Å². The zero-order valence-electron chi connectivity index (χ0n) is 19.1. The van der Waals surface area contributed by atoms with Gasteiger partial charge in [0.05, 0.1) is 7.05 Å². The summed E-state index contributed by atoms with van der Waals surface area (Å²) in [4.78, 5) is 22.1. The van der Waals surface area contributed by atoms with E-state index in [1.54, 1.807) is 12.3 Å². The van der Waals surface area contributed by atoms with E-state index in [-0.39, 0.29) is 17.6 Å². The Kier molecular flexibility index (Phi) is 7.46. The summed E-state index contributed by atoms with van der Waals surface area (Å²) in [5.74, 6) is 0.0316. The zero-order chi connectivity index (χ0) is 23.8. The molecule has 0 aliphatic heterocycles. The Labute approximate surface area is 200 Å². The van der Waals surface area contributed by atoms with E-state index in [4.69, 9.17) is 4.74 Å². The highest BCUT2D eigenvalue weighted by atomic mass is 31.2. The topological polar surface area (TPSA) is 67.2 Å². The SMILES string of the molecule is C=CCC(C)NC(=O)c1nccnc1N=P(c1ccccc1)(c1ccccc1)c1ccccc1. The van der Waals surface area contributed by atoms with Gasteiger partial charge in [0.2, 0.25) is 0 Å². The summed E-state index contributed by atoms with van der Waals surface area (Å²) >= 11 is 0. The second-order valence-electron chi connectivity index (χ2n) is 7.87. The lowest BCUT2D eigenvalue weighted by Gasteiger charge is -2.27. The smallest absolute Gasteiger partial charge is 0.274 e. The number of carbonyl (C=O) groups is 1. The van der Waals surface area contributed by atoms with Crippen LogP contribution in [0.2, 0.25) is 0 Å². The van der Waals surface area contributed by atoms with Crippen LogP contribution in [-0.4, -0.2) is 21.9 Å². The van der Waals surface area contributed by atoms with E-state index in [1.807, 2.05) is 61.5 Å². The van der Waals surface area contributed by atoms with Gasteiger partial charge in [-0.05, 0) is 13.3 Å². The van der Waals surface area contributed by atoms with Crippen molar-refractivity contribution in [1.29, 1.82) is 0 Å². The van der Waals surface area contributed by atoms with Crippen molar-refractivity contribution in [2.75, 3.05) is 0 Å². The van der Waals surface area contributed by atoms with Crippen molar-refractivity contribution in [3.05, 3.63) is 122 Å². The van der Waals surface area contributed by atoms with E-state index in [1.165, 1.54) is 6.20 Å². The van der Waals surface area contributed by atoms with Crippen LogP contribution in [-0.2, 0) is 0 Å². The van der Waals surface area contributed by atoms with Gasteiger partial charge >= 0.3 is 0 Å². The van der Waals surface area contributed by atoms with Crippen LogP contribution in [0.25, 0.3) is 0 Å². The molecule has 1 atom stereocenters. The Morgan fingerprint density at radius 3 is 1.82 bits per heavy atom. The molecule has 0 aliphatic carbocycles. The fourth-order valence-electron chi connectivity index (χ4n) is 3.86. The number of nitrogens with one attached hydrogen (secondary N) is 1. The van der Waals surface area contributed by atoms with E-state index >= 15 is 0 Å². The summed E-state index contributed by atoms with van der Waals surface area (Å²) in [6.45, 7) is 5.69. The van der Waals surface area contributed by atoms with Gasteiger partial charge in [-0.1, -0.05) is 97.1 Å². The fraction of sp³-hybridized carbons (Fsp3) is 0.107. The molecule has 1 heterocycles. The maximum atomic E-state index is 13.2. The molecule has 4 rings (SSSR count). The Balaban J connectivity index is 2.01. The van der Waals surface area contributed by atoms with Gasteiger partial charge in [0.25, 0.3) is 5.91 Å². The number of benzene rings is 3. The van der Waals surface area contributed by atoms with Crippen LogP contribution in [0.1, 0.15) is 23.8 Å². The molecule has 34 heavy (non-hydrogen) atoms. The molecule has 0 radical (unpaired) electrons. The molecule has 6 heteroatoms. The second-order valence-corrected chi connectivity index (χ2v) is 10.9. The van der Waals surface area contributed by atoms with Crippen molar-refractivity contribution in [2.45, 2.75) is 19.4 Å². The lowest BCUT2D eigenvalue weighted by Crippen LogP contribution is -2.33. The van der Waals surface area contributed by atoms with E-state index in [9.17, 15) is 4.79 Å². The molecule has 0 aliphatic rings. The summed E-state index contributed by atoms with van der Waals surface area (Å²) in [7, 11) is -2.56. The van der Waals surface area contributed by atoms with Crippen molar-refractivity contribution in [3.8, 4) is 0 Å². The Hall–Kier alpha value is -3.82. The van der Waals surface area contributed by atoms with Gasteiger partial charge in [-0.3, -0.25) is 4.79 Å². The van der Waals surface area contributed by atoms with Crippen LogP contribution in [0.4, 0.5) is 5.82 Å². The normalized spacial score (nSPS) is 11.9. The van der Waals surface area contributed by atoms with Gasteiger partial charge < -0.3 is 5.32 Å². The monoisotopic (exact) mass is 466 g/mol. The fourth-order valence-corrected chi connectivity index (χ4v) is 7.34. The van der Waals surface area contributed by atoms with Gasteiger partial charge in [0.1, 0.15) is 0 Å². The van der Waals surface area contributed by atoms with Crippen LogP contribution >= 0.6 is 7.05 Å². The first kappa shape index (κ1) is 23.3. The van der Waals surface area contributed by atoms with Crippen LogP contribution < -0.4 is 21.2 Å². The average Bonchev–Trinajstić information content (AvgIpc) is 2.89. The molecule has 1 aromatic heterocycles. The number of hydrogen-bond acceptors (Lipinski definition) is 4. The summed E-state index contributed by atoms with van der Waals surface area (Å²) in [6.07, 6.45) is 5.55. The van der Waals surface area contributed by atoms with Crippen LogP contribution in [0.5, 0.6) is 0 Å². The van der Waals surface area contributed by atoms with E-state index < -0.39 is 7.05 Å². The molecule has 0 fully saturated rings. The highest BCUT2D eigenvalue weighted by Gasteiger charge is 2.29. The highest BCUT2D eigenvalue weighted by Crippen LogP contribution is 2.49. The van der Waals surface area contributed by atoms with Crippen molar-refractivity contribution < 1.29 is 4.79 Å². The number of nitrogens with zero attached hydrogens (tertiary/aromatic N) is 3. The number of hydrogen-bond donors (Lipinski definition) is 1. The number of rotatable bonds is 8. The third-order valence-corrected chi connectivity index (χ3v) is 9.05. The molecule has 0 saturated carbocycles. The molecule has 1 amide bonds. The molecular formula is C28H27N4OP. The molecule has 0 saturated heterocycles. The number of amides is 1. The molecule has 0 bridgehead atoms. The average molecular weight is 467 g/mol. The predicted molar refractivity (Wildman–Crippen MR) is 141 cm³/mol. The molecule has 4 aromatic rings. The number of carbonyl (C=O) groups excluding carboxylic acids is 1. The van der Waals surface area contributed by atoms with Crippen molar-refractivity contribution in [3.63, 3.8) is 0 Å². The zero-order valence-corrected chi connectivity index (χ0v) is 20.0. The van der Waals surface area contributed by atoms with Crippen molar-refractivity contribution in [1.82, 2.24) is 15.3 Å². The van der Waals surface area contributed by atoms with Gasteiger partial charge in [-0.2, -0.15) is 0 Å². The van der Waals surface area contributed by atoms with Gasteiger partial charge in [-0.15, -0.1) is 6.58 Å². The Morgan fingerprint density at radius 2 is 1.35 bits per heavy atom. The minimum absolute atomic E-state index is 0.0724. The molecule has 3 aromatic carbocycles. The molecule has 1 unspecified atom stereocenters. The van der Waals surface area contributed by atoms with Gasteiger partial charge in [-0.25, -0.2) is 14.7 Å². The van der Waals surface area contributed by atoms with E-state index in [0.29, 0.717) is 12.2 Å². The lowest BCUT2D eigenvalue weighted by atomic mass is 10.2. The highest BCUT2D eigenvalue weighted by molar-refractivity contribution is 7.87. The van der Waals surface area contributed by atoms with Gasteiger partial charge in [0.15, 0.2) is 11.5 Å². The predicted octanol–water partition coefficient (Wildman–Crippen LogP) is 4.98. The molecule has 0 spiro atoms. The summed E-state index contributed by atoms with van der Waals surface area (Å²) < 4.78 is 5.33. The quantitative estimate of drug-likeness (QED) is 0.294. The molecular weight excluding hydrogens is 439 g/mol. The van der Waals surface area contributed by atoms with E-state index in [0.717, 1.165) is 15.9 Å². The first-order valence-electron chi connectivity index (χ1n) is 11.2. The van der Waals surface area contributed by atoms with E-state index in [2.05, 4.69) is 58.3 Å². The molecule has 5 nitrogen and oxygen atoms in total. The minimum Gasteiger partial charge on any atom is -0.348 e. The van der Waals surface area contributed by atoms with Crippen LogP contribution in [0.3, 0.4) is 0 Å². The Bertz CT molecular complexity index is 1200. The standard InChI is InChI=1S/C28H27N4OP/c1-3-13-22(2)31-28(33)26-27(30-21-20-29-26)32-34(23-14-7-4-8-15-23,24-16-9-5-10-17-24)25-18-11-6-12-19-25/h3-12,14-22H,1,13H2,2H3,(H,31,33). The largest absolute Gasteiger partial charge is 0.348 e. The first-order valence-corrected chi connectivity index (χ1v) is 12.9. The molecule has 170 valence electrons. The minimum atomic E-state index is -2.56. The van der Waals surface area contributed by atoms with Crippen LogP contribution in [0, 0.1) is 0 Å². The van der Waals surface area contributed by atoms with Crippen molar-refractivity contribution >= 4 is 34.7 Å². The summed E-state index contributed by atoms with van der Waals surface area (Å²) in [6, 6.07) is 30.6. The molecule has 1 N–H and O–H groups in total. The number of aromatic nitrogens is 2.